The van der Waals surface area contributed by atoms with Crippen molar-refractivity contribution in [1.29, 1.82) is 0 Å². The number of nitrogens with zero attached hydrogens (tertiary/aromatic N) is 5. The SMILES string of the molecule is CCCCN(C(=O)O)C(=O)N(CCCc1ccccc1)C(=O)c1nc(C(=O)N(C)c2ccncc2)co1. The van der Waals surface area contributed by atoms with Crippen molar-refractivity contribution in [3.05, 3.63) is 78.3 Å². The van der Waals surface area contributed by atoms with Gasteiger partial charge in [-0.05, 0) is 37.0 Å². The number of carbonyl (C=O) groups excluding carboxylic acids is 3. The van der Waals surface area contributed by atoms with Gasteiger partial charge in [-0.1, -0.05) is 43.7 Å². The maximum Gasteiger partial charge on any atom is 0.415 e. The second kappa shape index (κ2) is 13.0. The van der Waals surface area contributed by atoms with Crippen molar-refractivity contribution in [3.8, 4) is 0 Å². The van der Waals surface area contributed by atoms with Gasteiger partial charge in [0, 0.05) is 38.2 Å². The number of pyridine rings is 1. The molecule has 0 aliphatic rings. The van der Waals surface area contributed by atoms with E-state index in [0.29, 0.717) is 36.3 Å². The molecule has 11 heteroatoms. The number of aryl methyl sites for hydroxylation is 1. The average Bonchev–Trinajstić information content (AvgIpc) is 3.41. The van der Waals surface area contributed by atoms with E-state index in [1.54, 1.807) is 12.1 Å². The average molecular weight is 508 g/mol. The number of rotatable bonds is 10. The minimum absolute atomic E-state index is 0.0564. The molecule has 0 saturated heterocycles. The summed E-state index contributed by atoms with van der Waals surface area (Å²) < 4.78 is 5.27. The number of hydrogen-bond acceptors (Lipinski definition) is 7. The highest BCUT2D eigenvalue weighted by atomic mass is 16.4. The van der Waals surface area contributed by atoms with Crippen LogP contribution >= 0.6 is 0 Å². The van der Waals surface area contributed by atoms with Crippen LogP contribution in [0.4, 0.5) is 15.3 Å². The number of carbonyl (C=O) groups is 4. The smallest absolute Gasteiger partial charge is 0.415 e. The molecule has 1 N–H and O–H groups in total. The molecule has 3 rings (SSSR count). The predicted octanol–water partition coefficient (Wildman–Crippen LogP) is 4.32. The second-order valence-electron chi connectivity index (χ2n) is 8.22. The summed E-state index contributed by atoms with van der Waals surface area (Å²) >= 11 is 0. The van der Waals surface area contributed by atoms with Gasteiger partial charge in [0.05, 0.1) is 0 Å². The van der Waals surface area contributed by atoms with E-state index in [2.05, 4.69) is 9.97 Å². The molecule has 0 bridgehead atoms. The molecule has 0 unspecified atom stereocenters. The van der Waals surface area contributed by atoms with E-state index < -0.39 is 29.8 Å². The van der Waals surface area contributed by atoms with Gasteiger partial charge >= 0.3 is 18.0 Å². The summed E-state index contributed by atoms with van der Waals surface area (Å²) in [6.07, 6.45) is 4.70. The Balaban J connectivity index is 1.81. The lowest BCUT2D eigenvalue weighted by Crippen LogP contribution is -2.49. The number of amides is 5. The molecule has 0 fully saturated rings. The number of anilines is 1. The number of imide groups is 2. The zero-order chi connectivity index (χ0) is 26.8. The summed E-state index contributed by atoms with van der Waals surface area (Å²) in [5, 5.41) is 9.59. The minimum atomic E-state index is -1.46. The van der Waals surface area contributed by atoms with Crippen molar-refractivity contribution >= 4 is 29.6 Å². The summed E-state index contributed by atoms with van der Waals surface area (Å²) in [6.45, 7) is 1.74. The third-order valence-corrected chi connectivity index (χ3v) is 5.62. The van der Waals surface area contributed by atoms with Crippen molar-refractivity contribution < 1.29 is 28.7 Å². The first-order valence-corrected chi connectivity index (χ1v) is 11.9. The highest BCUT2D eigenvalue weighted by molar-refractivity contribution is 6.07. The predicted molar refractivity (Wildman–Crippen MR) is 134 cm³/mol. The van der Waals surface area contributed by atoms with E-state index in [0.717, 1.165) is 16.7 Å². The Kier molecular flexibility index (Phi) is 9.48. The van der Waals surface area contributed by atoms with Gasteiger partial charge in [-0.15, -0.1) is 0 Å². The molecule has 0 radical (unpaired) electrons. The molecule has 0 aliphatic carbocycles. The van der Waals surface area contributed by atoms with E-state index in [1.165, 1.54) is 24.3 Å². The molecular formula is C26H29N5O6. The van der Waals surface area contributed by atoms with Gasteiger partial charge in [0.15, 0.2) is 5.69 Å². The normalized spacial score (nSPS) is 10.5. The molecule has 194 valence electrons. The van der Waals surface area contributed by atoms with Crippen LogP contribution in [0.2, 0.25) is 0 Å². The summed E-state index contributed by atoms with van der Waals surface area (Å²) in [5.41, 5.74) is 1.42. The molecule has 0 spiro atoms. The van der Waals surface area contributed by atoms with Crippen molar-refractivity contribution in [2.75, 3.05) is 25.0 Å². The number of hydrogen-bond donors (Lipinski definition) is 1. The van der Waals surface area contributed by atoms with E-state index in [4.69, 9.17) is 4.42 Å². The van der Waals surface area contributed by atoms with Crippen LogP contribution in [-0.2, 0) is 6.42 Å². The van der Waals surface area contributed by atoms with Gasteiger partial charge in [-0.3, -0.25) is 19.5 Å². The maximum atomic E-state index is 13.3. The van der Waals surface area contributed by atoms with Crippen molar-refractivity contribution in [1.82, 2.24) is 19.8 Å². The summed E-state index contributed by atoms with van der Waals surface area (Å²) in [5.74, 6) is -1.95. The first-order valence-electron chi connectivity index (χ1n) is 11.9. The summed E-state index contributed by atoms with van der Waals surface area (Å²) in [7, 11) is 1.53. The Morgan fingerprint density at radius 2 is 1.59 bits per heavy atom. The molecule has 0 saturated carbocycles. The summed E-state index contributed by atoms with van der Waals surface area (Å²) in [6, 6.07) is 11.8. The number of unbranched alkanes of at least 4 members (excludes halogenated alkanes) is 1. The van der Waals surface area contributed by atoms with Crippen LogP contribution in [0.1, 0.15) is 52.9 Å². The van der Waals surface area contributed by atoms with Gasteiger partial charge in [-0.2, -0.15) is 4.98 Å². The number of aromatic nitrogens is 2. The maximum absolute atomic E-state index is 13.3. The molecule has 2 heterocycles. The topological polar surface area (TPSA) is 137 Å². The highest BCUT2D eigenvalue weighted by Gasteiger charge is 2.33. The van der Waals surface area contributed by atoms with E-state index in [-0.39, 0.29) is 18.8 Å². The zero-order valence-electron chi connectivity index (χ0n) is 20.7. The Morgan fingerprint density at radius 1 is 0.919 bits per heavy atom. The van der Waals surface area contributed by atoms with E-state index in [1.807, 2.05) is 37.3 Å². The third-order valence-electron chi connectivity index (χ3n) is 5.62. The van der Waals surface area contributed by atoms with Crippen LogP contribution in [0.5, 0.6) is 0 Å². The van der Waals surface area contributed by atoms with Gasteiger partial charge < -0.3 is 14.4 Å². The largest absolute Gasteiger partial charge is 0.465 e. The van der Waals surface area contributed by atoms with Gasteiger partial charge in [-0.25, -0.2) is 14.5 Å². The number of urea groups is 1. The van der Waals surface area contributed by atoms with Crippen molar-refractivity contribution in [2.45, 2.75) is 32.6 Å². The lowest BCUT2D eigenvalue weighted by molar-refractivity contribution is 0.0716. The van der Waals surface area contributed by atoms with Crippen LogP contribution in [0.3, 0.4) is 0 Å². The number of carboxylic acid groups (broad SMARTS) is 1. The molecule has 1 aromatic carbocycles. The Bertz CT molecular complexity index is 1210. The fourth-order valence-corrected chi connectivity index (χ4v) is 3.55. The lowest BCUT2D eigenvalue weighted by Gasteiger charge is -2.25. The van der Waals surface area contributed by atoms with Crippen LogP contribution in [0.25, 0.3) is 0 Å². The monoisotopic (exact) mass is 507 g/mol. The fraction of sp³-hybridized carbons (Fsp3) is 0.308. The lowest BCUT2D eigenvalue weighted by atomic mass is 10.1. The van der Waals surface area contributed by atoms with Gasteiger partial charge in [0.1, 0.15) is 6.26 Å². The van der Waals surface area contributed by atoms with Crippen molar-refractivity contribution in [3.63, 3.8) is 0 Å². The molecule has 0 aliphatic heterocycles. The number of oxazole rings is 1. The molecule has 0 atom stereocenters. The quantitative estimate of drug-likeness (QED) is 0.428. The fourth-order valence-electron chi connectivity index (χ4n) is 3.55. The zero-order valence-corrected chi connectivity index (χ0v) is 20.7. The molecule has 37 heavy (non-hydrogen) atoms. The van der Waals surface area contributed by atoms with Crippen molar-refractivity contribution in [2.24, 2.45) is 0 Å². The third kappa shape index (κ3) is 7.00. The summed E-state index contributed by atoms with van der Waals surface area (Å²) in [4.78, 5) is 61.7. The molecular weight excluding hydrogens is 478 g/mol. The van der Waals surface area contributed by atoms with Crippen LogP contribution in [0.15, 0.2) is 65.5 Å². The van der Waals surface area contributed by atoms with E-state index >= 15 is 0 Å². The Labute approximate surface area is 214 Å². The molecule has 5 amide bonds. The molecule has 3 aromatic rings. The van der Waals surface area contributed by atoms with Crippen LogP contribution < -0.4 is 4.90 Å². The highest BCUT2D eigenvalue weighted by Crippen LogP contribution is 2.16. The Hall–Kier alpha value is -4.54. The van der Waals surface area contributed by atoms with Gasteiger partial charge in [0.25, 0.3) is 11.8 Å². The molecule has 11 nitrogen and oxygen atoms in total. The van der Waals surface area contributed by atoms with Crippen LogP contribution in [-0.4, -0.2) is 69.0 Å². The van der Waals surface area contributed by atoms with Crippen LogP contribution in [0, 0.1) is 0 Å². The standard InChI is InChI=1S/C26H29N5O6/c1-3-4-16-31(26(35)36)25(34)30(17-8-11-19-9-6-5-7-10-19)24(33)22-28-21(18-37-22)23(32)29(2)20-12-14-27-15-13-20/h5-7,9-10,12-15,18H,3-4,8,11,16-17H2,1-2H3,(H,35,36). The minimum Gasteiger partial charge on any atom is -0.465 e. The second-order valence-corrected chi connectivity index (χ2v) is 8.22. The van der Waals surface area contributed by atoms with Gasteiger partial charge in [0.2, 0.25) is 0 Å². The first-order chi connectivity index (χ1) is 17.8. The first kappa shape index (κ1) is 27.1. The molecule has 2 aromatic heterocycles. The van der Waals surface area contributed by atoms with E-state index in [9.17, 15) is 24.3 Å². The number of benzene rings is 1. The Morgan fingerprint density at radius 3 is 2.24 bits per heavy atom.